The number of amides is 2. The Morgan fingerprint density at radius 3 is 2.95 bits per heavy atom. The molecule has 0 aliphatic carbocycles. The summed E-state index contributed by atoms with van der Waals surface area (Å²) in [6.07, 6.45) is 0. The highest BCUT2D eigenvalue weighted by atomic mass is 16.5. The van der Waals surface area contributed by atoms with E-state index in [1.165, 1.54) is 0 Å². The molecule has 5 nitrogen and oxygen atoms in total. The van der Waals surface area contributed by atoms with E-state index in [4.69, 9.17) is 4.74 Å². The highest BCUT2D eigenvalue weighted by Gasteiger charge is 2.44. The van der Waals surface area contributed by atoms with Crippen LogP contribution in [-0.2, 0) is 9.59 Å². The average Bonchev–Trinajstić information content (AvgIpc) is 2.85. The summed E-state index contributed by atoms with van der Waals surface area (Å²) in [7, 11) is 0. The number of carbonyl (C=O) groups excluding carboxylic acids is 2. The van der Waals surface area contributed by atoms with Gasteiger partial charge in [-0.15, -0.1) is 0 Å². The monoisotopic (exact) mass is 274 g/mol. The van der Waals surface area contributed by atoms with E-state index in [0.29, 0.717) is 19.7 Å². The number of rotatable bonds is 1. The molecule has 5 heteroatoms. The second kappa shape index (κ2) is 4.51. The molecule has 20 heavy (non-hydrogen) atoms. The van der Waals surface area contributed by atoms with Crippen LogP contribution in [0.4, 0.5) is 0 Å². The SMILES string of the molecule is CC1(C)C(=O)NCCN1C(=O)C1COc2ccccc21. The summed E-state index contributed by atoms with van der Waals surface area (Å²) in [5, 5.41) is 2.80. The molecule has 2 amide bonds. The lowest BCUT2D eigenvalue weighted by Crippen LogP contribution is -2.64. The van der Waals surface area contributed by atoms with E-state index < -0.39 is 5.54 Å². The van der Waals surface area contributed by atoms with Crippen molar-refractivity contribution in [2.75, 3.05) is 19.7 Å². The van der Waals surface area contributed by atoms with Gasteiger partial charge in [-0.25, -0.2) is 0 Å². The summed E-state index contributed by atoms with van der Waals surface area (Å²) < 4.78 is 5.57. The Bertz CT molecular complexity index is 568. The van der Waals surface area contributed by atoms with Gasteiger partial charge in [-0.3, -0.25) is 9.59 Å². The molecule has 1 atom stereocenters. The molecular weight excluding hydrogens is 256 g/mol. The zero-order valence-corrected chi connectivity index (χ0v) is 11.7. The van der Waals surface area contributed by atoms with Crippen molar-refractivity contribution in [2.24, 2.45) is 0 Å². The molecule has 0 bridgehead atoms. The molecule has 2 heterocycles. The number of nitrogens with one attached hydrogen (secondary N) is 1. The molecular formula is C15H18N2O3. The van der Waals surface area contributed by atoms with Gasteiger partial charge in [-0.05, 0) is 19.9 Å². The Hall–Kier alpha value is -2.04. The van der Waals surface area contributed by atoms with Crippen LogP contribution in [0.1, 0.15) is 25.3 Å². The van der Waals surface area contributed by atoms with E-state index >= 15 is 0 Å². The van der Waals surface area contributed by atoms with Crippen LogP contribution in [0, 0.1) is 0 Å². The van der Waals surface area contributed by atoms with E-state index in [2.05, 4.69) is 5.32 Å². The molecule has 1 aromatic carbocycles. The Morgan fingerprint density at radius 2 is 2.15 bits per heavy atom. The number of fused-ring (bicyclic) bond motifs is 1. The maximum absolute atomic E-state index is 12.8. The van der Waals surface area contributed by atoms with Crippen molar-refractivity contribution in [1.29, 1.82) is 0 Å². The van der Waals surface area contributed by atoms with E-state index in [1.54, 1.807) is 18.7 Å². The molecule has 3 rings (SSSR count). The second-order valence-corrected chi connectivity index (χ2v) is 5.71. The first kappa shape index (κ1) is 13.0. The van der Waals surface area contributed by atoms with Gasteiger partial charge in [0.15, 0.2) is 0 Å². The molecule has 0 spiro atoms. The van der Waals surface area contributed by atoms with E-state index in [0.717, 1.165) is 11.3 Å². The number of ether oxygens (including phenoxy) is 1. The summed E-state index contributed by atoms with van der Waals surface area (Å²) in [6.45, 7) is 4.95. The third kappa shape index (κ3) is 1.85. The Balaban J connectivity index is 1.89. The number of benzene rings is 1. The molecule has 106 valence electrons. The maximum Gasteiger partial charge on any atom is 0.245 e. The third-order valence-corrected chi connectivity index (χ3v) is 4.12. The molecule has 1 saturated heterocycles. The molecule has 1 fully saturated rings. The molecule has 0 radical (unpaired) electrons. The van der Waals surface area contributed by atoms with Crippen molar-refractivity contribution >= 4 is 11.8 Å². The minimum absolute atomic E-state index is 0.0326. The number of nitrogens with zero attached hydrogens (tertiary/aromatic N) is 1. The van der Waals surface area contributed by atoms with Gasteiger partial charge in [0.25, 0.3) is 0 Å². The quantitative estimate of drug-likeness (QED) is 0.827. The van der Waals surface area contributed by atoms with Crippen molar-refractivity contribution in [1.82, 2.24) is 10.2 Å². The van der Waals surface area contributed by atoms with Crippen LogP contribution in [0.2, 0.25) is 0 Å². The number of hydrogen-bond acceptors (Lipinski definition) is 3. The smallest absolute Gasteiger partial charge is 0.245 e. The van der Waals surface area contributed by atoms with E-state index in [-0.39, 0.29) is 17.7 Å². The maximum atomic E-state index is 12.8. The zero-order valence-electron chi connectivity index (χ0n) is 11.7. The lowest BCUT2D eigenvalue weighted by molar-refractivity contribution is -0.150. The summed E-state index contributed by atoms with van der Waals surface area (Å²) in [4.78, 5) is 26.4. The summed E-state index contributed by atoms with van der Waals surface area (Å²) in [5.74, 6) is 0.320. The van der Waals surface area contributed by atoms with Crippen molar-refractivity contribution in [3.8, 4) is 5.75 Å². The lowest BCUT2D eigenvalue weighted by Gasteiger charge is -2.42. The van der Waals surface area contributed by atoms with Gasteiger partial charge in [0.05, 0.1) is 0 Å². The van der Waals surface area contributed by atoms with Crippen molar-refractivity contribution < 1.29 is 14.3 Å². The van der Waals surface area contributed by atoms with Crippen LogP contribution in [0.25, 0.3) is 0 Å². The topological polar surface area (TPSA) is 58.6 Å². The Labute approximate surface area is 117 Å². The fourth-order valence-electron chi connectivity index (χ4n) is 2.84. The van der Waals surface area contributed by atoms with Gasteiger partial charge in [-0.2, -0.15) is 0 Å². The molecule has 1 aromatic rings. The Morgan fingerprint density at radius 1 is 1.40 bits per heavy atom. The van der Waals surface area contributed by atoms with Gasteiger partial charge in [0.2, 0.25) is 11.8 Å². The molecule has 0 aromatic heterocycles. The van der Waals surface area contributed by atoms with Gasteiger partial charge in [0.1, 0.15) is 23.8 Å². The van der Waals surface area contributed by atoms with Gasteiger partial charge >= 0.3 is 0 Å². The van der Waals surface area contributed by atoms with Crippen molar-refractivity contribution in [2.45, 2.75) is 25.3 Å². The minimum atomic E-state index is -0.813. The lowest BCUT2D eigenvalue weighted by atomic mass is 9.93. The highest BCUT2D eigenvalue weighted by molar-refractivity contribution is 5.94. The average molecular weight is 274 g/mol. The molecule has 2 aliphatic heterocycles. The predicted octanol–water partition coefficient (Wildman–Crippen LogP) is 0.900. The minimum Gasteiger partial charge on any atom is -0.492 e. The number of para-hydroxylation sites is 1. The van der Waals surface area contributed by atoms with Crippen molar-refractivity contribution in [3.05, 3.63) is 29.8 Å². The summed E-state index contributed by atoms with van der Waals surface area (Å²) in [6, 6.07) is 7.59. The van der Waals surface area contributed by atoms with E-state index in [1.807, 2.05) is 24.3 Å². The number of carbonyl (C=O) groups is 2. The third-order valence-electron chi connectivity index (χ3n) is 4.12. The van der Waals surface area contributed by atoms with Crippen LogP contribution in [-0.4, -0.2) is 41.9 Å². The fraction of sp³-hybridized carbons (Fsp3) is 0.467. The summed E-state index contributed by atoms with van der Waals surface area (Å²) in [5.41, 5.74) is 0.103. The first-order valence-corrected chi connectivity index (χ1v) is 6.83. The first-order chi connectivity index (χ1) is 9.51. The largest absolute Gasteiger partial charge is 0.492 e. The van der Waals surface area contributed by atoms with Crippen LogP contribution in [0.5, 0.6) is 5.75 Å². The van der Waals surface area contributed by atoms with Crippen LogP contribution in [0.3, 0.4) is 0 Å². The second-order valence-electron chi connectivity index (χ2n) is 5.71. The number of hydrogen-bond donors (Lipinski definition) is 1. The van der Waals surface area contributed by atoms with Crippen molar-refractivity contribution in [3.63, 3.8) is 0 Å². The zero-order chi connectivity index (χ0) is 14.3. The predicted molar refractivity (Wildman–Crippen MR) is 73.5 cm³/mol. The van der Waals surface area contributed by atoms with Crippen LogP contribution >= 0.6 is 0 Å². The Kier molecular flexibility index (Phi) is 2.92. The first-order valence-electron chi connectivity index (χ1n) is 6.83. The van der Waals surface area contributed by atoms with E-state index in [9.17, 15) is 9.59 Å². The fourth-order valence-corrected chi connectivity index (χ4v) is 2.84. The van der Waals surface area contributed by atoms with Crippen LogP contribution < -0.4 is 10.1 Å². The van der Waals surface area contributed by atoms with Gasteiger partial charge in [-0.1, -0.05) is 18.2 Å². The molecule has 1 unspecified atom stereocenters. The molecule has 2 aliphatic rings. The standard InChI is InChI=1S/C15H18N2O3/c1-15(2)14(19)16-7-8-17(15)13(18)11-9-20-12-6-4-3-5-10(11)12/h3-6,11H,7-9H2,1-2H3,(H,16,19). The van der Waals surface area contributed by atoms with Gasteiger partial charge < -0.3 is 15.0 Å². The summed E-state index contributed by atoms with van der Waals surface area (Å²) >= 11 is 0. The molecule has 0 saturated carbocycles. The van der Waals surface area contributed by atoms with Gasteiger partial charge in [0, 0.05) is 18.7 Å². The highest BCUT2D eigenvalue weighted by Crippen LogP contribution is 2.36. The normalized spacial score (nSPS) is 23.8. The number of piperazine rings is 1. The molecule has 1 N–H and O–H groups in total. The van der Waals surface area contributed by atoms with Crippen LogP contribution in [0.15, 0.2) is 24.3 Å².